The van der Waals surface area contributed by atoms with Crippen LogP contribution in [0.3, 0.4) is 0 Å². The van der Waals surface area contributed by atoms with E-state index in [2.05, 4.69) is 5.32 Å². The highest BCUT2D eigenvalue weighted by molar-refractivity contribution is 7.82. The summed E-state index contributed by atoms with van der Waals surface area (Å²) in [6.45, 7) is 4.54. The van der Waals surface area contributed by atoms with Gasteiger partial charge in [0.2, 0.25) is 0 Å². The summed E-state index contributed by atoms with van der Waals surface area (Å²) in [4.78, 5) is 11.8. The highest BCUT2D eigenvalue weighted by atomic mass is 32.2. The van der Waals surface area contributed by atoms with Crippen LogP contribution in [-0.2, 0) is 17.4 Å². The van der Waals surface area contributed by atoms with E-state index in [0.717, 1.165) is 5.56 Å². The first-order valence-electron chi connectivity index (χ1n) is 9.50. The number of nitrogens with one attached hydrogen (secondary N) is 1. The number of nitrogens with two attached hydrogens (primary N) is 1. The Hall–Kier alpha value is -2.42. The van der Waals surface area contributed by atoms with Crippen LogP contribution >= 0.6 is 0 Å². The van der Waals surface area contributed by atoms with Crippen LogP contribution in [0.2, 0.25) is 0 Å². The molecule has 0 spiro atoms. The second-order valence-corrected chi connectivity index (χ2v) is 8.86. The molecule has 158 valence electrons. The molecule has 0 fully saturated rings. The van der Waals surface area contributed by atoms with Crippen LogP contribution in [0.1, 0.15) is 19.4 Å². The lowest BCUT2D eigenvalue weighted by Gasteiger charge is -2.29. The van der Waals surface area contributed by atoms with Crippen molar-refractivity contribution in [3.8, 4) is 0 Å². The number of rotatable bonds is 10. The molecule has 0 aromatic heterocycles. The van der Waals surface area contributed by atoms with Crippen LogP contribution < -0.4 is 11.1 Å². The topological polar surface area (TPSA) is 116 Å². The summed E-state index contributed by atoms with van der Waals surface area (Å²) in [5, 5.41) is 22.4. The number of nitrogen functional groups attached to an aromatic ring is 1. The molecule has 3 unspecified atom stereocenters. The third kappa shape index (κ3) is 7.49. The predicted molar refractivity (Wildman–Crippen MR) is 115 cm³/mol. The maximum Gasteiger partial charge on any atom is 0.404 e. The van der Waals surface area contributed by atoms with Gasteiger partial charge in [0.1, 0.15) is 11.0 Å². The monoisotopic (exact) mass is 419 g/mol. The van der Waals surface area contributed by atoms with Gasteiger partial charge in [-0.15, -0.1) is 0 Å². The van der Waals surface area contributed by atoms with Crippen molar-refractivity contribution in [3.63, 3.8) is 0 Å². The summed E-state index contributed by atoms with van der Waals surface area (Å²) in [5.41, 5.74) is 7.19. The number of nitrogens with zero attached hydrogens (tertiary/aromatic N) is 1. The lowest BCUT2D eigenvalue weighted by atomic mass is 10.0. The van der Waals surface area contributed by atoms with Gasteiger partial charge in [-0.05, 0) is 42.2 Å². The number of hydrogen-bond acceptors (Lipinski definition) is 4. The molecule has 29 heavy (non-hydrogen) atoms. The van der Waals surface area contributed by atoms with Crippen LogP contribution in [-0.4, -0.2) is 50.1 Å². The van der Waals surface area contributed by atoms with Gasteiger partial charge in [0, 0.05) is 18.8 Å². The number of anilines is 1. The molecule has 0 heterocycles. The lowest BCUT2D eigenvalue weighted by Crippen LogP contribution is -2.50. The van der Waals surface area contributed by atoms with E-state index in [1.807, 2.05) is 44.2 Å². The average Bonchev–Trinajstić information content (AvgIpc) is 2.67. The fraction of sp³-hybridized carbons (Fsp3) is 0.381. The van der Waals surface area contributed by atoms with Gasteiger partial charge in [-0.25, -0.2) is 13.3 Å². The molecule has 0 aliphatic rings. The molecule has 0 aliphatic carbocycles. The van der Waals surface area contributed by atoms with Crippen LogP contribution in [0.4, 0.5) is 10.5 Å². The van der Waals surface area contributed by atoms with E-state index in [1.54, 1.807) is 28.6 Å². The van der Waals surface area contributed by atoms with E-state index in [9.17, 15) is 19.2 Å². The van der Waals surface area contributed by atoms with Crippen molar-refractivity contribution in [1.82, 2.24) is 9.62 Å². The smallest absolute Gasteiger partial charge is 0.404 e. The summed E-state index contributed by atoms with van der Waals surface area (Å²) in [7, 11) is -1.50. The van der Waals surface area contributed by atoms with Gasteiger partial charge in [-0.3, -0.25) is 0 Å². The Labute approximate surface area is 174 Å². The summed E-state index contributed by atoms with van der Waals surface area (Å²) in [6.07, 6.45) is -1.92. The van der Waals surface area contributed by atoms with Crippen molar-refractivity contribution in [2.75, 3.05) is 18.8 Å². The fourth-order valence-corrected chi connectivity index (χ4v) is 4.38. The zero-order valence-corrected chi connectivity index (χ0v) is 17.5. The van der Waals surface area contributed by atoms with E-state index in [4.69, 9.17) is 5.73 Å². The van der Waals surface area contributed by atoms with E-state index in [1.165, 1.54) is 0 Å². The Balaban J connectivity index is 2.18. The lowest BCUT2D eigenvalue weighted by molar-refractivity contribution is 0.0994. The SMILES string of the molecule is CC(C)CN(CC(O)C(Cc1ccccc1)NC(=O)O)S(=O)c1ccc(N)cc1. The van der Waals surface area contributed by atoms with E-state index >= 15 is 0 Å². The molecule has 0 aliphatic heterocycles. The number of hydrogen-bond donors (Lipinski definition) is 4. The first kappa shape index (κ1) is 22.9. The highest BCUT2D eigenvalue weighted by Gasteiger charge is 2.27. The van der Waals surface area contributed by atoms with Gasteiger partial charge in [0.05, 0.1) is 17.0 Å². The molecule has 5 N–H and O–H groups in total. The Kier molecular flexibility index (Phi) is 8.63. The fourth-order valence-electron chi connectivity index (χ4n) is 3.00. The first-order valence-corrected chi connectivity index (χ1v) is 10.6. The second kappa shape index (κ2) is 10.9. The summed E-state index contributed by atoms with van der Waals surface area (Å²) < 4.78 is 14.7. The molecule has 7 nitrogen and oxygen atoms in total. The number of carbonyl (C=O) groups is 1. The van der Waals surface area contributed by atoms with Gasteiger partial charge in [-0.2, -0.15) is 0 Å². The van der Waals surface area contributed by atoms with Crippen molar-refractivity contribution >= 4 is 22.8 Å². The summed E-state index contributed by atoms with van der Waals surface area (Å²) in [6, 6.07) is 15.4. The third-order valence-corrected chi connectivity index (χ3v) is 5.79. The molecule has 1 amide bonds. The second-order valence-electron chi connectivity index (χ2n) is 7.37. The number of aliphatic hydroxyl groups is 1. The molecule has 0 bridgehead atoms. The molecule has 3 atom stereocenters. The minimum atomic E-state index is -1.50. The zero-order valence-electron chi connectivity index (χ0n) is 16.7. The van der Waals surface area contributed by atoms with Crippen LogP contribution in [0, 0.1) is 5.92 Å². The summed E-state index contributed by atoms with van der Waals surface area (Å²) in [5.74, 6) is 0.208. The number of benzene rings is 2. The number of amides is 1. The molecule has 0 saturated heterocycles. The maximum absolute atomic E-state index is 13.1. The van der Waals surface area contributed by atoms with Gasteiger partial charge in [-0.1, -0.05) is 44.2 Å². The quantitative estimate of drug-likeness (QED) is 0.442. The van der Waals surface area contributed by atoms with E-state index < -0.39 is 29.2 Å². The molecular weight excluding hydrogens is 390 g/mol. The van der Waals surface area contributed by atoms with Gasteiger partial charge >= 0.3 is 6.09 Å². The standard InChI is InChI=1S/C21H29N3O4S/c1-15(2)13-24(29(28)18-10-8-17(22)9-11-18)14-20(25)19(23-21(26)27)12-16-6-4-3-5-7-16/h3-11,15,19-20,23,25H,12-14,22H2,1-2H3,(H,26,27). The van der Waals surface area contributed by atoms with Crippen molar-refractivity contribution in [2.45, 2.75) is 37.3 Å². The van der Waals surface area contributed by atoms with E-state index in [0.29, 0.717) is 23.5 Å². The molecule has 2 aromatic carbocycles. The van der Waals surface area contributed by atoms with Crippen LogP contribution in [0.25, 0.3) is 0 Å². The van der Waals surface area contributed by atoms with E-state index in [-0.39, 0.29) is 12.5 Å². The number of carboxylic acid groups (broad SMARTS) is 1. The Morgan fingerprint density at radius 1 is 1.10 bits per heavy atom. The largest absolute Gasteiger partial charge is 0.465 e. The predicted octanol–water partition coefficient (Wildman–Crippen LogP) is 2.49. The Morgan fingerprint density at radius 2 is 1.72 bits per heavy atom. The highest BCUT2D eigenvalue weighted by Crippen LogP contribution is 2.17. The van der Waals surface area contributed by atoms with Crippen molar-refractivity contribution in [3.05, 3.63) is 60.2 Å². The average molecular weight is 420 g/mol. The van der Waals surface area contributed by atoms with Crippen molar-refractivity contribution < 1.29 is 19.2 Å². The molecule has 8 heteroatoms. The van der Waals surface area contributed by atoms with Gasteiger partial charge in [0.25, 0.3) is 0 Å². The minimum Gasteiger partial charge on any atom is -0.465 e. The van der Waals surface area contributed by atoms with Crippen LogP contribution in [0.15, 0.2) is 59.5 Å². The van der Waals surface area contributed by atoms with Gasteiger partial charge in [0.15, 0.2) is 0 Å². The van der Waals surface area contributed by atoms with Gasteiger partial charge < -0.3 is 21.3 Å². The third-order valence-electron chi connectivity index (χ3n) is 4.35. The maximum atomic E-state index is 13.1. The zero-order chi connectivity index (χ0) is 21.4. The van der Waals surface area contributed by atoms with Crippen molar-refractivity contribution in [2.24, 2.45) is 5.92 Å². The number of aliphatic hydroxyl groups excluding tert-OH is 1. The Bertz CT molecular complexity index is 799. The molecule has 2 aromatic rings. The summed E-state index contributed by atoms with van der Waals surface area (Å²) >= 11 is 0. The molecule has 0 radical (unpaired) electrons. The Morgan fingerprint density at radius 3 is 2.28 bits per heavy atom. The van der Waals surface area contributed by atoms with Crippen molar-refractivity contribution in [1.29, 1.82) is 0 Å². The molecule has 0 saturated carbocycles. The normalized spacial score (nSPS) is 14.5. The first-order chi connectivity index (χ1) is 13.8. The molecule has 2 rings (SSSR count). The van der Waals surface area contributed by atoms with Crippen LogP contribution in [0.5, 0.6) is 0 Å². The molecular formula is C21H29N3O4S. The minimum absolute atomic E-state index is 0.0624.